The first-order chi connectivity index (χ1) is 12.2. The van der Waals surface area contributed by atoms with Crippen molar-refractivity contribution in [2.75, 3.05) is 0 Å². The Hall–Kier alpha value is -2.36. The van der Waals surface area contributed by atoms with Gasteiger partial charge in [0.2, 0.25) is 0 Å². The fraction of sp³-hybridized carbons (Fsp3) is 0.429. The van der Waals surface area contributed by atoms with Crippen molar-refractivity contribution in [3.8, 4) is 11.4 Å². The number of unbranched alkanes of at least 4 members (excludes halogenated alkanes) is 5. The van der Waals surface area contributed by atoms with E-state index in [0.717, 1.165) is 17.7 Å². The first-order valence-electron chi connectivity index (χ1n) is 9.54. The van der Waals surface area contributed by atoms with Gasteiger partial charge in [-0.1, -0.05) is 57.2 Å². The number of hydrogen-bond donors (Lipinski definition) is 1. The molecular weight excluding hydrogens is 310 g/mol. The van der Waals surface area contributed by atoms with Crippen LogP contribution in [0.3, 0.4) is 0 Å². The molecule has 4 aromatic rings. The number of fused-ring (bicyclic) bond motifs is 4. The van der Waals surface area contributed by atoms with E-state index in [4.69, 9.17) is 0 Å². The third-order valence-electron chi connectivity index (χ3n) is 5.20. The van der Waals surface area contributed by atoms with Crippen LogP contribution in [0, 0.1) is 6.92 Å². The number of nitrogens with zero attached hydrogens (tertiary/aromatic N) is 3. The summed E-state index contributed by atoms with van der Waals surface area (Å²) in [6.07, 6.45) is 8.94. The van der Waals surface area contributed by atoms with Gasteiger partial charge in [0.1, 0.15) is 22.5 Å². The zero-order chi connectivity index (χ0) is 17.4. The summed E-state index contributed by atoms with van der Waals surface area (Å²) in [5, 5.41) is 10.5. The van der Waals surface area contributed by atoms with Crippen LogP contribution in [0.4, 0.5) is 0 Å². The van der Waals surface area contributed by atoms with Gasteiger partial charge in [0.15, 0.2) is 0 Å². The molecule has 0 aliphatic carbocycles. The zero-order valence-electron chi connectivity index (χ0n) is 15.2. The van der Waals surface area contributed by atoms with Crippen molar-refractivity contribution in [3.63, 3.8) is 0 Å². The van der Waals surface area contributed by atoms with Crippen molar-refractivity contribution in [1.29, 1.82) is 0 Å². The molecule has 0 bridgehead atoms. The second-order valence-electron chi connectivity index (χ2n) is 7.16. The van der Waals surface area contributed by atoms with E-state index >= 15 is 0 Å². The van der Waals surface area contributed by atoms with E-state index in [1.54, 1.807) is 0 Å². The maximum Gasteiger partial charge on any atom is 0.146 e. The molecule has 4 rings (SSSR count). The highest BCUT2D eigenvalue weighted by Gasteiger charge is 2.25. The molecule has 0 unspecified atom stereocenters. The Morgan fingerprint density at radius 3 is 2.20 bits per heavy atom. The standard InChI is InChI=1S/C21H27N3O/c1-3-4-5-6-7-8-11-17-14-16(2)21(25)20(15-17)24-22-18-12-9-10-13-19(18)23(22)24/h9-10,12-15,25H,3-8,11H2,1-2H3. The molecule has 0 aliphatic heterocycles. The highest BCUT2D eigenvalue weighted by molar-refractivity contribution is 5.79. The number of benzene rings is 2. The minimum absolute atomic E-state index is 0.381. The van der Waals surface area contributed by atoms with E-state index in [0.29, 0.717) is 5.75 Å². The molecule has 4 nitrogen and oxygen atoms in total. The molecule has 0 radical (unpaired) electrons. The molecule has 2 aromatic carbocycles. The van der Waals surface area contributed by atoms with E-state index in [2.05, 4.69) is 45.2 Å². The lowest BCUT2D eigenvalue weighted by molar-refractivity contribution is 0.467. The Morgan fingerprint density at radius 1 is 0.880 bits per heavy atom. The summed E-state index contributed by atoms with van der Waals surface area (Å²) in [7, 11) is 0. The van der Waals surface area contributed by atoms with E-state index in [1.807, 2.05) is 19.1 Å². The summed E-state index contributed by atoms with van der Waals surface area (Å²) >= 11 is 0. The molecule has 4 heteroatoms. The third kappa shape index (κ3) is 2.80. The van der Waals surface area contributed by atoms with E-state index in [1.165, 1.54) is 55.1 Å². The van der Waals surface area contributed by atoms with Gasteiger partial charge in [0.25, 0.3) is 0 Å². The lowest BCUT2D eigenvalue weighted by Gasteiger charge is -2.08. The van der Waals surface area contributed by atoms with Crippen molar-refractivity contribution in [2.24, 2.45) is 0 Å². The first kappa shape index (κ1) is 16.1. The molecule has 2 aromatic heterocycles. The van der Waals surface area contributed by atoms with Crippen molar-refractivity contribution in [3.05, 3.63) is 47.5 Å². The van der Waals surface area contributed by atoms with Crippen LogP contribution in [0.25, 0.3) is 16.7 Å². The molecule has 0 aliphatic rings. The van der Waals surface area contributed by atoms with Gasteiger partial charge in [-0.25, -0.2) is 0 Å². The summed E-state index contributed by atoms with van der Waals surface area (Å²) in [4.78, 5) is 2.05. The van der Waals surface area contributed by atoms with Crippen LogP contribution >= 0.6 is 0 Å². The second kappa shape index (κ2) is 6.51. The van der Waals surface area contributed by atoms with Gasteiger partial charge in [0.05, 0.1) is 0 Å². The number of phenolic OH excluding ortho intramolecular Hbond substituents is 1. The Bertz CT molecular complexity index is 930. The van der Waals surface area contributed by atoms with E-state index < -0.39 is 0 Å². The summed E-state index contributed by atoms with van der Waals surface area (Å²) in [6, 6.07) is 12.6. The van der Waals surface area contributed by atoms with Gasteiger partial charge in [-0.15, -0.1) is 14.1 Å². The Balaban J connectivity index is 1.52. The Morgan fingerprint density at radius 2 is 1.52 bits per heavy atom. The first-order valence-corrected chi connectivity index (χ1v) is 9.54. The fourth-order valence-electron chi connectivity index (χ4n) is 3.74. The average molecular weight is 337 g/mol. The molecule has 132 valence electrons. The van der Waals surface area contributed by atoms with Crippen LogP contribution in [0.1, 0.15) is 56.6 Å². The number of aromatic hydroxyl groups is 1. The predicted molar refractivity (Wildman–Crippen MR) is 102 cm³/mol. The number of hydrogen-bond acceptors (Lipinski definition) is 1. The zero-order valence-corrected chi connectivity index (χ0v) is 15.2. The van der Waals surface area contributed by atoms with Crippen LogP contribution < -0.4 is 0 Å². The maximum atomic E-state index is 10.5. The van der Waals surface area contributed by atoms with Crippen LogP contribution in [0.2, 0.25) is 0 Å². The molecule has 1 N–H and O–H groups in total. The molecular formula is C21H27N3O. The van der Waals surface area contributed by atoms with Crippen LogP contribution in [0.15, 0.2) is 36.4 Å². The number of para-hydroxylation sites is 2. The van der Waals surface area contributed by atoms with E-state index in [-0.39, 0.29) is 0 Å². The molecule has 0 amide bonds. The maximum absolute atomic E-state index is 10.5. The highest BCUT2D eigenvalue weighted by atomic mass is 16.3. The van der Waals surface area contributed by atoms with Crippen LogP contribution in [0.5, 0.6) is 5.75 Å². The molecule has 0 saturated carbocycles. The minimum Gasteiger partial charge on any atom is -0.505 e. The molecule has 0 atom stereocenters. The van der Waals surface area contributed by atoms with E-state index in [9.17, 15) is 5.11 Å². The average Bonchev–Trinajstić information content (AvgIpc) is 3.27. The van der Waals surface area contributed by atoms with Crippen molar-refractivity contribution in [1.82, 2.24) is 14.1 Å². The number of aromatic nitrogens is 3. The Kier molecular flexibility index (Phi) is 4.20. The Labute approximate surface area is 148 Å². The summed E-state index contributed by atoms with van der Waals surface area (Å²) in [5.74, 6) is 0.381. The van der Waals surface area contributed by atoms with Crippen molar-refractivity contribution < 1.29 is 5.11 Å². The number of aryl methyl sites for hydroxylation is 2. The second-order valence-corrected chi connectivity index (χ2v) is 7.16. The topological polar surface area (TPSA) is 34.0 Å². The molecule has 2 heterocycles. The van der Waals surface area contributed by atoms with Gasteiger partial charge >= 0.3 is 0 Å². The summed E-state index contributed by atoms with van der Waals surface area (Å²) in [6.45, 7) is 4.25. The van der Waals surface area contributed by atoms with Gasteiger partial charge in [0, 0.05) is 0 Å². The normalized spacial score (nSPS) is 12.1. The number of rotatable bonds is 8. The fourth-order valence-corrected chi connectivity index (χ4v) is 3.74. The third-order valence-corrected chi connectivity index (χ3v) is 5.20. The highest BCUT2D eigenvalue weighted by Crippen LogP contribution is 2.33. The van der Waals surface area contributed by atoms with Crippen molar-refractivity contribution >= 4 is 11.0 Å². The number of phenols is 1. The molecule has 25 heavy (non-hydrogen) atoms. The summed E-state index contributed by atoms with van der Waals surface area (Å²) in [5.41, 5.74) is 5.55. The molecule has 0 saturated heterocycles. The smallest absolute Gasteiger partial charge is 0.146 e. The van der Waals surface area contributed by atoms with Gasteiger partial charge in [-0.2, -0.15) is 0 Å². The van der Waals surface area contributed by atoms with Crippen molar-refractivity contribution in [2.45, 2.75) is 58.8 Å². The van der Waals surface area contributed by atoms with Crippen LogP contribution in [-0.2, 0) is 6.42 Å². The quantitative estimate of drug-likeness (QED) is 0.433. The largest absolute Gasteiger partial charge is 0.505 e. The predicted octanol–water partition coefficient (Wildman–Crippen LogP) is 5.34. The molecule has 0 fully saturated rings. The van der Waals surface area contributed by atoms with Gasteiger partial charge in [-0.3, -0.25) is 0 Å². The lowest BCUT2D eigenvalue weighted by atomic mass is 10.0. The monoisotopic (exact) mass is 337 g/mol. The summed E-state index contributed by atoms with van der Waals surface area (Å²) < 4.78 is 4.19. The van der Waals surface area contributed by atoms with Crippen LogP contribution in [-0.4, -0.2) is 19.2 Å². The molecule has 0 spiro atoms. The SMILES string of the molecule is CCCCCCCCc1cc(C)c(O)c(-n2n3c4ccccc4n23)c1. The minimum atomic E-state index is 0.381. The van der Waals surface area contributed by atoms with Gasteiger partial charge < -0.3 is 5.11 Å². The van der Waals surface area contributed by atoms with Gasteiger partial charge in [-0.05, 0) is 49.1 Å². The lowest BCUT2D eigenvalue weighted by Crippen LogP contribution is -1.94.